The molecule has 2 heterocycles. The molecule has 2 aromatic rings. The second kappa shape index (κ2) is 8.96. The van der Waals surface area contributed by atoms with E-state index in [1.807, 2.05) is 49.9 Å². The average Bonchev–Trinajstić information content (AvgIpc) is 3.22. The number of halogens is 3. The van der Waals surface area contributed by atoms with Crippen LogP contribution >= 0.6 is 22.6 Å². The van der Waals surface area contributed by atoms with Crippen LogP contribution < -0.4 is 4.90 Å². The van der Waals surface area contributed by atoms with E-state index in [1.54, 1.807) is 11.0 Å². The predicted molar refractivity (Wildman–Crippen MR) is 130 cm³/mol. The molecule has 8 heteroatoms. The Morgan fingerprint density at radius 2 is 1.97 bits per heavy atom. The molecule has 2 aromatic carbocycles. The van der Waals surface area contributed by atoms with E-state index in [0.29, 0.717) is 24.6 Å². The Balaban J connectivity index is 1.77. The minimum Gasteiger partial charge on any atom is -0.444 e. The largest absolute Gasteiger partial charge is 0.444 e. The summed E-state index contributed by atoms with van der Waals surface area (Å²) in [4.78, 5) is 21.6. The van der Waals surface area contributed by atoms with E-state index in [-0.39, 0.29) is 17.7 Å². The summed E-state index contributed by atoms with van der Waals surface area (Å²) in [6, 6.07) is 12.1. The molecule has 1 saturated heterocycles. The van der Waals surface area contributed by atoms with Crippen LogP contribution in [0.4, 0.5) is 25.0 Å². The lowest BCUT2D eigenvalue weighted by Gasteiger charge is -2.37. The van der Waals surface area contributed by atoms with Crippen LogP contribution in [0, 0.1) is 3.57 Å². The van der Waals surface area contributed by atoms with E-state index >= 15 is 0 Å². The zero-order valence-corrected chi connectivity index (χ0v) is 20.5. The molecule has 0 saturated carbocycles. The van der Waals surface area contributed by atoms with E-state index in [0.717, 1.165) is 27.7 Å². The highest BCUT2D eigenvalue weighted by molar-refractivity contribution is 14.1. The molecular weight excluding hydrogens is 527 g/mol. The first-order valence-electron chi connectivity index (χ1n) is 10.7. The molecule has 2 aliphatic rings. The lowest BCUT2D eigenvalue weighted by Crippen LogP contribution is -2.50. The Labute approximate surface area is 200 Å². The first-order valence-corrected chi connectivity index (χ1v) is 11.7. The van der Waals surface area contributed by atoms with Crippen molar-refractivity contribution in [3.8, 4) is 0 Å². The van der Waals surface area contributed by atoms with Crippen molar-refractivity contribution in [2.45, 2.75) is 58.2 Å². The number of carbonyl (C=O) groups is 1. The van der Waals surface area contributed by atoms with Gasteiger partial charge in [-0.1, -0.05) is 24.3 Å². The summed E-state index contributed by atoms with van der Waals surface area (Å²) in [5.74, 6) is 0.691. The number of hydrogen-bond acceptors (Lipinski definition) is 4. The van der Waals surface area contributed by atoms with Crippen LogP contribution in [-0.2, 0) is 11.3 Å². The van der Waals surface area contributed by atoms with Gasteiger partial charge in [0, 0.05) is 21.4 Å². The van der Waals surface area contributed by atoms with Crippen molar-refractivity contribution >= 4 is 45.9 Å². The molecule has 1 unspecified atom stereocenters. The van der Waals surface area contributed by atoms with Gasteiger partial charge in [0.2, 0.25) is 0 Å². The quantitative estimate of drug-likeness (QED) is 0.399. The smallest absolute Gasteiger partial charge is 0.410 e. The molecule has 170 valence electrons. The summed E-state index contributed by atoms with van der Waals surface area (Å²) in [6.45, 7) is 6.59. The highest BCUT2D eigenvalue weighted by Gasteiger charge is 2.39. The molecule has 1 atom stereocenters. The van der Waals surface area contributed by atoms with Crippen LogP contribution in [-0.4, -0.2) is 35.0 Å². The SMILES string of the molecule is CC(C)(C)OC(=O)N1CCCC1C1=Nc2c(I)cccc2CN1c1cccc(C(F)F)c1. The summed E-state index contributed by atoms with van der Waals surface area (Å²) >= 11 is 2.26. The third-order valence-corrected chi connectivity index (χ3v) is 6.38. The second-order valence-electron chi connectivity index (χ2n) is 9.03. The number of para-hydroxylation sites is 1. The number of anilines is 1. The number of amides is 1. The van der Waals surface area contributed by atoms with Gasteiger partial charge in [0.25, 0.3) is 6.43 Å². The summed E-state index contributed by atoms with van der Waals surface area (Å²) in [6.07, 6.45) is -1.37. The number of amidine groups is 1. The third-order valence-electron chi connectivity index (χ3n) is 5.51. The summed E-state index contributed by atoms with van der Waals surface area (Å²) in [5.41, 5.74) is 1.89. The maximum atomic E-state index is 13.4. The van der Waals surface area contributed by atoms with Gasteiger partial charge in [-0.25, -0.2) is 18.6 Å². The number of rotatable bonds is 3. The van der Waals surface area contributed by atoms with Crippen LogP contribution in [0.5, 0.6) is 0 Å². The molecule has 0 spiro atoms. The lowest BCUT2D eigenvalue weighted by molar-refractivity contribution is 0.0265. The molecule has 0 aromatic heterocycles. The minimum atomic E-state index is -2.56. The molecule has 5 nitrogen and oxygen atoms in total. The van der Waals surface area contributed by atoms with Crippen molar-refractivity contribution in [2.75, 3.05) is 11.4 Å². The van der Waals surface area contributed by atoms with Gasteiger partial charge in [-0.2, -0.15) is 0 Å². The fourth-order valence-electron chi connectivity index (χ4n) is 4.12. The van der Waals surface area contributed by atoms with E-state index < -0.39 is 12.0 Å². The van der Waals surface area contributed by atoms with Crippen molar-refractivity contribution in [1.29, 1.82) is 0 Å². The summed E-state index contributed by atoms with van der Waals surface area (Å²) in [7, 11) is 0. The molecule has 1 fully saturated rings. The van der Waals surface area contributed by atoms with E-state index in [1.165, 1.54) is 12.1 Å². The Kier molecular flexibility index (Phi) is 6.42. The number of hydrogen-bond donors (Lipinski definition) is 0. The Bertz CT molecular complexity index is 1050. The van der Waals surface area contributed by atoms with Crippen molar-refractivity contribution in [2.24, 2.45) is 4.99 Å². The summed E-state index contributed by atoms with van der Waals surface area (Å²) < 4.78 is 33.5. The third kappa shape index (κ3) is 4.74. The first-order chi connectivity index (χ1) is 15.1. The number of ether oxygens (including phenoxy) is 1. The number of carbonyl (C=O) groups excluding carboxylic acids is 1. The van der Waals surface area contributed by atoms with Crippen LogP contribution in [0.25, 0.3) is 0 Å². The number of nitrogens with zero attached hydrogens (tertiary/aromatic N) is 3. The van der Waals surface area contributed by atoms with Crippen LogP contribution in [0.2, 0.25) is 0 Å². The maximum Gasteiger partial charge on any atom is 0.410 e. The maximum absolute atomic E-state index is 13.4. The van der Waals surface area contributed by atoms with Crippen molar-refractivity contribution < 1.29 is 18.3 Å². The van der Waals surface area contributed by atoms with E-state index in [9.17, 15) is 13.6 Å². The van der Waals surface area contributed by atoms with Gasteiger partial charge in [-0.05, 0) is 80.0 Å². The van der Waals surface area contributed by atoms with E-state index in [4.69, 9.17) is 9.73 Å². The molecule has 4 rings (SSSR count). The van der Waals surface area contributed by atoms with Gasteiger partial charge in [-0.3, -0.25) is 4.90 Å². The number of benzene rings is 2. The second-order valence-corrected chi connectivity index (χ2v) is 10.2. The fraction of sp³-hybridized carbons (Fsp3) is 0.417. The number of fused-ring (bicyclic) bond motifs is 1. The predicted octanol–water partition coefficient (Wildman–Crippen LogP) is 6.68. The Hall–Kier alpha value is -2.23. The van der Waals surface area contributed by atoms with Gasteiger partial charge >= 0.3 is 6.09 Å². The number of aliphatic imine (C=N–C) groups is 1. The van der Waals surface area contributed by atoms with Crippen LogP contribution in [0.3, 0.4) is 0 Å². The fourth-order valence-corrected chi connectivity index (χ4v) is 4.79. The van der Waals surface area contributed by atoms with Gasteiger partial charge in [-0.15, -0.1) is 0 Å². The van der Waals surface area contributed by atoms with Gasteiger partial charge in [0.1, 0.15) is 11.4 Å². The normalized spacial score (nSPS) is 18.6. The topological polar surface area (TPSA) is 45.1 Å². The minimum absolute atomic E-state index is 0.0364. The number of alkyl halides is 2. The zero-order chi connectivity index (χ0) is 23.0. The average molecular weight is 553 g/mol. The molecular formula is C24H26F2IN3O2. The van der Waals surface area contributed by atoms with Crippen molar-refractivity contribution in [3.05, 3.63) is 57.2 Å². The molecule has 1 amide bonds. The highest BCUT2D eigenvalue weighted by atomic mass is 127. The van der Waals surface area contributed by atoms with Crippen LogP contribution in [0.15, 0.2) is 47.5 Å². The summed E-state index contributed by atoms with van der Waals surface area (Å²) in [5, 5.41) is 0. The standard InChI is InChI=1S/C24H26F2IN3O2/c1-24(2,3)32-23(31)29-12-6-11-19(29)22-28-20-16(8-5-10-18(20)27)14-30(22)17-9-4-7-15(13-17)21(25)26/h4-5,7-10,13,19,21H,6,11-12,14H2,1-3H3. The Morgan fingerprint density at radius 3 is 2.69 bits per heavy atom. The highest BCUT2D eigenvalue weighted by Crippen LogP contribution is 2.37. The van der Waals surface area contributed by atoms with Gasteiger partial charge in [0.05, 0.1) is 18.3 Å². The molecule has 0 aliphatic carbocycles. The van der Waals surface area contributed by atoms with Crippen LogP contribution in [0.1, 0.15) is 51.2 Å². The van der Waals surface area contributed by atoms with E-state index in [2.05, 4.69) is 22.6 Å². The molecule has 2 aliphatic heterocycles. The Morgan fingerprint density at radius 1 is 1.22 bits per heavy atom. The molecule has 0 bridgehead atoms. The first kappa shape index (κ1) is 22.9. The molecule has 32 heavy (non-hydrogen) atoms. The van der Waals surface area contributed by atoms with Gasteiger partial charge < -0.3 is 9.64 Å². The lowest BCUT2D eigenvalue weighted by atomic mass is 10.0. The monoisotopic (exact) mass is 553 g/mol. The van der Waals surface area contributed by atoms with Crippen molar-refractivity contribution in [1.82, 2.24) is 4.90 Å². The molecule has 0 N–H and O–H groups in total. The molecule has 0 radical (unpaired) electrons. The van der Waals surface area contributed by atoms with Crippen molar-refractivity contribution in [3.63, 3.8) is 0 Å². The zero-order valence-electron chi connectivity index (χ0n) is 18.3. The number of likely N-dealkylation sites (tertiary alicyclic amines) is 1. The van der Waals surface area contributed by atoms with Gasteiger partial charge in [0.15, 0.2) is 0 Å².